The lowest BCUT2D eigenvalue weighted by molar-refractivity contribution is 0.415. The monoisotopic (exact) mass is 280 g/mol. The van der Waals surface area contributed by atoms with Gasteiger partial charge in [0.2, 0.25) is 0 Å². The SMILES string of the molecule is FC(F)=CCCSc1nccn1CCC=C(F)F. The van der Waals surface area contributed by atoms with Crippen molar-refractivity contribution in [2.24, 2.45) is 0 Å². The average molecular weight is 280 g/mol. The van der Waals surface area contributed by atoms with Crippen molar-refractivity contribution >= 4 is 11.8 Å². The van der Waals surface area contributed by atoms with Crippen LogP contribution in [0.1, 0.15) is 12.8 Å². The van der Waals surface area contributed by atoms with E-state index in [9.17, 15) is 17.6 Å². The van der Waals surface area contributed by atoms with Crippen molar-refractivity contribution in [2.75, 3.05) is 5.75 Å². The highest BCUT2D eigenvalue weighted by molar-refractivity contribution is 7.99. The number of aromatic nitrogens is 2. The van der Waals surface area contributed by atoms with Gasteiger partial charge in [-0.3, -0.25) is 0 Å². The summed E-state index contributed by atoms with van der Waals surface area (Å²) in [5.41, 5.74) is 0. The van der Waals surface area contributed by atoms with E-state index in [1.807, 2.05) is 0 Å². The van der Waals surface area contributed by atoms with Crippen molar-refractivity contribution in [3.8, 4) is 0 Å². The maximum Gasteiger partial charge on any atom is 0.266 e. The Balaban J connectivity index is 2.40. The van der Waals surface area contributed by atoms with E-state index in [0.717, 1.165) is 12.2 Å². The van der Waals surface area contributed by atoms with Crippen LogP contribution in [0, 0.1) is 0 Å². The predicted octanol–water partition coefficient (Wildman–Crippen LogP) is 4.32. The Labute approximate surface area is 106 Å². The van der Waals surface area contributed by atoms with Gasteiger partial charge in [0.25, 0.3) is 12.2 Å². The smallest absolute Gasteiger partial charge is 0.266 e. The van der Waals surface area contributed by atoms with Crippen molar-refractivity contribution < 1.29 is 17.6 Å². The fourth-order valence-electron chi connectivity index (χ4n) is 1.24. The minimum atomic E-state index is -1.70. The molecule has 0 spiro atoms. The maximum absolute atomic E-state index is 11.8. The molecule has 0 aliphatic rings. The second kappa shape index (κ2) is 7.97. The first-order valence-corrected chi connectivity index (χ1v) is 6.24. The van der Waals surface area contributed by atoms with E-state index >= 15 is 0 Å². The Morgan fingerprint density at radius 2 is 1.83 bits per heavy atom. The van der Waals surface area contributed by atoms with Gasteiger partial charge in [0.05, 0.1) is 0 Å². The molecule has 1 heterocycles. The molecule has 1 aromatic heterocycles. The number of hydrogen-bond donors (Lipinski definition) is 0. The normalized spacial score (nSPS) is 10.2. The van der Waals surface area contributed by atoms with E-state index in [0.29, 0.717) is 17.5 Å². The molecule has 0 saturated heterocycles. The Kier molecular flexibility index (Phi) is 6.56. The molecule has 18 heavy (non-hydrogen) atoms. The third kappa shape index (κ3) is 5.90. The Morgan fingerprint density at radius 1 is 1.17 bits per heavy atom. The van der Waals surface area contributed by atoms with E-state index in [-0.39, 0.29) is 12.8 Å². The fraction of sp³-hybridized carbons (Fsp3) is 0.364. The van der Waals surface area contributed by atoms with Gasteiger partial charge >= 0.3 is 0 Å². The summed E-state index contributed by atoms with van der Waals surface area (Å²) in [5.74, 6) is 0.474. The summed E-state index contributed by atoms with van der Waals surface area (Å²) in [6, 6.07) is 0. The number of imidazole rings is 1. The summed E-state index contributed by atoms with van der Waals surface area (Å²) in [5, 5.41) is 0.648. The Hall–Kier alpha value is -1.24. The van der Waals surface area contributed by atoms with Crippen LogP contribution in [-0.2, 0) is 6.54 Å². The van der Waals surface area contributed by atoms with Crippen LogP contribution in [0.15, 0.2) is 41.9 Å². The highest BCUT2D eigenvalue weighted by atomic mass is 32.2. The summed E-state index contributed by atoms with van der Waals surface area (Å²) in [4.78, 5) is 4.04. The molecule has 0 radical (unpaired) electrons. The molecule has 7 heteroatoms. The van der Waals surface area contributed by atoms with Crippen LogP contribution < -0.4 is 0 Å². The standard InChI is InChI=1S/C11H12F4N2S/c12-9(13)3-1-6-17-7-5-16-11(17)18-8-2-4-10(14)15/h3-5,7H,1-2,6,8H2. The van der Waals surface area contributed by atoms with Crippen molar-refractivity contribution in [1.29, 1.82) is 0 Å². The third-order valence-electron chi connectivity index (χ3n) is 1.99. The molecule has 1 rings (SSSR count). The number of halogens is 4. The van der Waals surface area contributed by atoms with Crippen LogP contribution >= 0.6 is 11.8 Å². The topological polar surface area (TPSA) is 17.8 Å². The highest BCUT2D eigenvalue weighted by Gasteiger charge is 2.02. The molecule has 2 nitrogen and oxygen atoms in total. The van der Waals surface area contributed by atoms with E-state index in [4.69, 9.17) is 0 Å². The van der Waals surface area contributed by atoms with Gasteiger partial charge in [-0.25, -0.2) is 4.98 Å². The third-order valence-corrected chi connectivity index (χ3v) is 3.03. The number of rotatable bonds is 7. The van der Waals surface area contributed by atoms with Crippen LogP contribution in [0.4, 0.5) is 17.6 Å². The van der Waals surface area contributed by atoms with Crippen LogP contribution in [-0.4, -0.2) is 15.3 Å². The lowest BCUT2D eigenvalue weighted by Crippen LogP contribution is -1.98. The van der Waals surface area contributed by atoms with Gasteiger partial charge in [-0.05, 0) is 25.0 Å². The first-order valence-electron chi connectivity index (χ1n) is 5.26. The van der Waals surface area contributed by atoms with Crippen LogP contribution in [0.3, 0.4) is 0 Å². The molecule has 0 unspecified atom stereocenters. The molecule has 100 valence electrons. The molecule has 0 aromatic carbocycles. The minimum Gasteiger partial charge on any atom is -0.326 e. The molecule has 0 aliphatic carbocycles. The second-order valence-electron chi connectivity index (χ2n) is 3.32. The Bertz CT molecular complexity index is 420. The summed E-state index contributed by atoms with van der Waals surface area (Å²) in [6.07, 6.45) is 2.00. The van der Waals surface area contributed by atoms with Crippen molar-refractivity contribution in [2.45, 2.75) is 24.5 Å². The van der Waals surface area contributed by atoms with Crippen molar-refractivity contribution in [1.82, 2.24) is 9.55 Å². The van der Waals surface area contributed by atoms with Crippen molar-refractivity contribution in [3.63, 3.8) is 0 Å². The molecule has 1 aromatic rings. The number of aryl methyl sites for hydroxylation is 1. The molecular formula is C11H12F4N2S. The first-order chi connectivity index (χ1) is 8.59. The maximum atomic E-state index is 11.8. The largest absolute Gasteiger partial charge is 0.326 e. The molecule has 0 atom stereocenters. The van der Waals surface area contributed by atoms with Gasteiger partial charge in [-0.2, -0.15) is 17.6 Å². The van der Waals surface area contributed by atoms with E-state index in [2.05, 4.69) is 4.98 Å². The fourth-order valence-corrected chi connectivity index (χ4v) is 2.11. The number of nitrogens with zero attached hydrogens (tertiary/aromatic N) is 2. The zero-order valence-corrected chi connectivity index (χ0v) is 10.3. The zero-order valence-electron chi connectivity index (χ0n) is 9.45. The molecule has 0 bridgehead atoms. The summed E-state index contributed by atoms with van der Waals surface area (Å²) in [7, 11) is 0. The second-order valence-corrected chi connectivity index (χ2v) is 4.38. The van der Waals surface area contributed by atoms with Gasteiger partial charge in [0.1, 0.15) is 0 Å². The zero-order chi connectivity index (χ0) is 13.4. The first kappa shape index (κ1) is 14.8. The average Bonchev–Trinajstić information content (AvgIpc) is 2.71. The number of allylic oxidation sites excluding steroid dienone is 2. The molecule has 0 N–H and O–H groups in total. The van der Waals surface area contributed by atoms with Gasteiger partial charge in [0.15, 0.2) is 5.16 Å². The quantitative estimate of drug-likeness (QED) is 0.420. The van der Waals surface area contributed by atoms with Gasteiger partial charge in [-0.1, -0.05) is 11.8 Å². The lowest BCUT2D eigenvalue weighted by Gasteiger charge is -2.04. The number of thioether (sulfide) groups is 1. The predicted molar refractivity (Wildman–Crippen MR) is 62.8 cm³/mol. The summed E-state index contributed by atoms with van der Waals surface area (Å²) in [6.45, 7) is 0.396. The van der Waals surface area contributed by atoms with E-state index < -0.39 is 12.2 Å². The molecule has 0 saturated carbocycles. The summed E-state index contributed by atoms with van der Waals surface area (Å²) < 4.78 is 49.0. The lowest BCUT2D eigenvalue weighted by atomic mass is 10.4. The van der Waals surface area contributed by atoms with Gasteiger partial charge < -0.3 is 4.57 Å². The number of hydrogen-bond acceptors (Lipinski definition) is 2. The van der Waals surface area contributed by atoms with Crippen LogP contribution in [0.5, 0.6) is 0 Å². The summed E-state index contributed by atoms with van der Waals surface area (Å²) >= 11 is 1.32. The van der Waals surface area contributed by atoms with Gasteiger partial charge in [-0.15, -0.1) is 0 Å². The molecule has 0 fully saturated rings. The minimum absolute atomic E-state index is 0.214. The van der Waals surface area contributed by atoms with E-state index in [1.165, 1.54) is 11.8 Å². The molecular weight excluding hydrogens is 268 g/mol. The van der Waals surface area contributed by atoms with E-state index in [1.54, 1.807) is 17.0 Å². The van der Waals surface area contributed by atoms with Crippen molar-refractivity contribution in [3.05, 3.63) is 36.7 Å². The molecule has 0 amide bonds. The van der Waals surface area contributed by atoms with Crippen LogP contribution in [0.2, 0.25) is 0 Å². The molecule has 0 aliphatic heterocycles. The van der Waals surface area contributed by atoms with Crippen LogP contribution in [0.25, 0.3) is 0 Å². The highest BCUT2D eigenvalue weighted by Crippen LogP contribution is 2.18. The Morgan fingerprint density at radius 3 is 2.50 bits per heavy atom. The van der Waals surface area contributed by atoms with Gasteiger partial charge in [0, 0.05) is 24.7 Å².